The third kappa shape index (κ3) is 3.58. The summed E-state index contributed by atoms with van der Waals surface area (Å²) in [6.45, 7) is 3.62. The first-order valence-corrected chi connectivity index (χ1v) is 11.0. The average molecular weight is 434 g/mol. The molecule has 0 N–H and O–H groups in total. The lowest BCUT2D eigenvalue weighted by molar-refractivity contribution is -0.932. The van der Waals surface area contributed by atoms with Gasteiger partial charge in [0.2, 0.25) is 4.08 Å². The molecule has 156 valence electrons. The standard InChI is InChI=1S/C13H22F6NO4S2/c1-3-7-20(8-4-2)9-5-11(6-10-20,25(21,22)12(14,15)16)26(23,24)13(17,18)19/h3-10H2,1-2H3/q+1. The van der Waals surface area contributed by atoms with Gasteiger partial charge in [-0.05, 0) is 12.8 Å². The first kappa shape index (κ1) is 23.5. The molecule has 0 aliphatic carbocycles. The van der Waals surface area contributed by atoms with Gasteiger partial charge in [-0.15, -0.1) is 0 Å². The fourth-order valence-corrected chi connectivity index (χ4v) is 7.67. The lowest BCUT2D eigenvalue weighted by atomic mass is 10.1. The maximum absolute atomic E-state index is 13.0. The van der Waals surface area contributed by atoms with Crippen LogP contribution < -0.4 is 0 Å². The van der Waals surface area contributed by atoms with Gasteiger partial charge in [-0.3, -0.25) is 0 Å². The third-order valence-electron chi connectivity index (χ3n) is 4.92. The van der Waals surface area contributed by atoms with Gasteiger partial charge in [-0.1, -0.05) is 13.8 Å². The SMILES string of the molecule is CCC[N+]1(CCC)CCC(S(=O)(=O)C(F)(F)F)(S(=O)(=O)C(F)(F)F)CC1. The summed E-state index contributed by atoms with van der Waals surface area (Å²) in [5.74, 6) is 0. The predicted octanol–water partition coefficient (Wildman–Crippen LogP) is 2.98. The molecule has 1 rings (SSSR count). The van der Waals surface area contributed by atoms with Crippen LogP contribution in [0, 0.1) is 0 Å². The zero-order valence-electron chi connectivity index (χ0n) is 14.3. The largest absolute Gasteiger partial charge is 0.498 e. The highest BCUT2D eigenvalue weighted by Crippen LogP contribution is 2.49. The van der Waals surface area contributed by atoms with Crippen molar-refractivity contribution in [2.24, 2.45) is 0 Å². The molecule has 13 heteroatoms. The predicted molar refractivity (Wildman–Crippen MR) is 82.2 cm³/mol. The minimum absolute atomic E-state index is 0.107. The Morgan fingerprint density at radius 1 is 0.769 bits per heavy atom. The fraction of sp³-hybridized carbons (Fsp3) is 1.00. The number of piperidine rings is 1. The van der Waals surface area contributed by atoms with Crippen molar-refractivity contribution < 1.29 is 47.7 Å². The van der Waals surface area contributed by atoms with Gasteiger partial charge in [0, 0.05) is 12.8 Å². The van der Waals surface area contributed by atoms with Crippen molar-refractivity contribution in [1.82, 2.24) is 0 Å². The van der Waals surface area contributed by atoms with Crippen molar-refractivity contribution in [3.05, 3.63) is 0 Å². The van der Waals surface area contributed by atoms with E-state index < -0.39 is 47.6 Å². The molecule has 0 aromatic heterocycles. The molecule has 0 amide bonds. The zero-order chi connectivity index (χ0) is 20.7. The molecule has 1 saturated heterocycles. The number of rotatable bonds is 6. The molecule has 1 aliphatic heterocycles. The number of likely N-dealkylation sites (tertiary alicyclic amines) is 1. The molecule has 0 radical (unpaired) electrons. The van der Waals surface area contributed by atoms with Crippen molar-refractivity contribution in [3.63, 3.8) is 0 Å². The third-order valence-corrected chi connectivity index (χ3v) is 10.2. The van der Waals surface area contributed by atoms with Gasteiger partial charge < -0.3 is 4.48 Å². The molecule has 0 aromatic carbocycles. The van der Waals surface area contributed by atoms with E-state index >= 15 is 0 Å². The Balaban J connectivity index is 3.56. The quantitative estimate of drug-likeness (QED) is 0.476. The Hall–Kier alpha value is -0.560. The Morgan fingerprint density at radius 2 is 1.08 bits per heavy atom. The zero-order valence-corrected chi connectivity index (χ0v) is 16.0. The maximum Gasteiger partial charge on any atom is 0.498 e. The molecule has 0 atom stereocenters. The van der Waals surface area contributed by atoms with E-state index in [4.69, 9.17) is 0 Å². The molecule has 5 nitrogen and oxygen atoms in total. The number of hydrogen-bond donors (Lipinski definition) is 0. The highest BCUT2D eigenvalue weighted by Gasteiger charge is 2.74. The average Bonchev–Trinajstić information content (AvgIpc) is 2.46. The molecule has 1 aliphatic rings. The van der Waals surface area contributed by atoms with E-state index in [0.29, 0.717) is 25.9 Å². The van der Waals surface area contributed by atoms with Crippen LogP contribution in [0.15, 0.2) is 0 Å². The lowest BCUT2D eigenvalue weighted by Crippen LogP contribution is -2.65. The normalized spacial score (nSPS) is 21.5. The summed E-state index contributed by atoms with van der Waals surface area (Å²) in [7, 11) is -13.2. The van der Waals surface area contributed by atoms with Crippen LogP contribution in [0.1, 0.15) is 39.5 Å². The van der Waals surface area contributed by atoms with Gasteiger partial charge in [0.1, 0.15) is 0 Å². The second-order valence-electron chi connectivity index (χ2n) is 6.55. The fourth-order valence-electron chi connectivity index (χ4n) is 3.66. The molecule has 0 unspecified atom stereocenters. The summed E-state index contributed by atoms with van der Waals surface area (Å²) < 4.78 is 122. The molecule has 0 aromatic rings. The molecular formula is C13H22F6NO4S2+. The van der Waals surface area contributed by atoms with Crippen molar-refractivity contribution in [2.45, 2.75) is 54.6 Å². The smallest absolute Gasteiger partial charge is 0.323 e. The van der Waals surface area contributed by atoms with E-state index in [1.165, 1.54) is 0 Å². The molecule has 0 spiro atoms. The van der Waals surface area contributed by atoms with Crippen molar-refractivity contribution in [3.8, 4) is 0 Å². The second-order valence-corrected chi connectivity index (χ2v) is 11.3. The Bertz CT molecular complexity index is 650. The topological polar surface area (TPSA) is 68.3 Å². The van der Waals surface area contributed by atoms with Gasteiger partial charge in [0.05, 0.1) is 26.2 Å². The van der Waals surface area contributed by atoms with Crippen molar-refractivity contribution >= 4 is 19.7 Å². The van der Waals surface area contributed by atoms with Crippen LogP contribution in [0.2, 0.25) is 0 Å². The number of sulfone groups is 2. The number of alkyl halides is 6. The lowest BCUT2D eigenvalue weighted by Gasteiger charge is -2.47. The number of quaternary nitrogens is 1. The van der Waals surface area contributed by atoms with E-state index in [1.807, 2.05) is 0 Å². The van der Waals surface area contributed by atoms with Crippen LogP contribution in [-0.4, -0.2) is 62.6 Å². The van der Waals surface area contributed by atoms with E-state index in [9.17, 15) is 43.2 Å². The monoisotopic (exact) mass is 434 g/mol. The molecular weight excluding hydrogens is 412 g/mol. The summed E-state index contributed by atoms with van der Waals surface area (Å²) in [4.78, 5) is 0. The minimum atomic E-state index is -6.60. The van der Waals surface area contributed by atoms with E-state index in [2.05, 4.69) is 0 Å². The first-order chi connectivity index (χ1) is 11.5. The van der Waals surface area contributed by atoms with Crippen molar-refractivity contribution in [2.75, 3.05) is 26.2 Å². The van der Waals surface area contributed by atoms with Crippen LogP contribution in [-0.2, 0) is 19.7 Å². The molecule has 0 bridgehead atoms. The summed E-state index contributed by atoms with van der Waals surface area (Å²) in [5, 5.41) is 0. The minimum Gasteiger partial charge on any atom is -0.323 e. The maximum atomic E-state index is 13.0. The van der Waals surface area contributed by atoms with Crippen LogP contribution >= 0.6 is 0 Å². The Labute approximate surface area is 148 Å². The van der Waals surface area contributed by atoms with Gasteiger partial charge in [0.25, 0.3) is 19.7 Å². The number of halogens is 6. The highest BCUT2D eigenvalue weighted by atomic mass is 32.3. The summed E-state index contributed by atoms with van der Waals surface area (Å²) in [6.07, 6.45) is -1.33. The number of hydrogen-bond acceptors (Lipinski definition) is 4. The van der Waals surface area contributed by atoms with Gasteiger partial charge in [-0.2, -0.15) is 26.3 Å². The Kier molecular flexibility index (Phi) is 6.43. The van der Waals surface area contributed by atoms with Crippen LogP contribution in [0.3, 0.4) is 0 Å². The molecule has 1 heterocycles. The summed E-state index contributed by atoms with van der Waals surface area (Å²) >= 11 is 0. The van der Waals surface area contributed by atoms with Crippen molar-refractivity contribution in [1.29, 1.82) is 0 Å². The first-order valence-electron chi connectivity index (χ1n) is 8.00. The summed E-state index contributed by atoms with van der Waals surface area (Å²) in [6, 6.07) is 0. The number of nitrogens with zero attached hydrogens (tertiary/aromatic N) is 1. The van der Waals surface area contributed by atoms with Crippen LogP contribution in [0.5, 0.6) is 0 Å². The van der Waals surface area contributed by atoms with Gasteiger partial charge >= 0.3 is 11.0 Å². The van der Waals surface area contributed by atoms with E-state index in [1.54, 1.807) is 13.8 Å². The van der Waals surface area contributed by atoms with Gasteiger partial charge in [0.15, 0.2) is 0 Å². The molecule has 26 heavy (non-hydrogen) atoms. The Morgan fingerprint density at radius 3 is 1.31 bits per heavy atom. The van der Waals surface area contributed by atoms with E-state index in [-0.39, 0.29) is 17.6 Å². The van der Waals surface area contributed by atoms with E-state index in [0.717, 1.165) is 0 Å². The molecule has 1 fully saturated rings. The highest BCUT2D eigenvalue weighted by molar-refractivity contribution is 8.11. The van der Waals surface area contributed by atoms with Crippen LogP contribution in [0.25, 0.3) is 0 Å². The second kappa shape index (κ2) is 7.12. The van der Waals surface area contributed by atoms with Crippen LogP contribution in [0.4, 0.5) is 26.3 Å². The van der Waals surface area contributed by atoms with Gasteiger partial charge in [-0.25, -0.2) is 16.8 Å². The summed E-state index contributed by atoms with van der Waals surface area (Å²) in [5.41, 5.74) is -12.2. The molecule has 0 saturated carbocycles.